The summed E-state index contributed by atoms with van der Waals surface area (Å²) in [6.45, 7) is 4.63. The van der Waals surface area contributed by atoms with Crippen LogP contribution in [-0.2, 0) is 26.2 Å². The zero-order chi connectivity index (χ0) is 7.84. The Balaban J connectivity index is 0. The molecule has 0 aromatic heterocycles. The Labute approximate surface area is 119 Å². The molecule has 2 aliphatic rings. The molecule has 0 amide bonds. The number of halogens is 2. The Bertz CT molecular complexity index is 219. The van der Waals surface area contributed by atoms with Gasteiger partial charge in [0.25, 0.3) is 0 Å². The van der Waals surface area contributed by atoms with Gasteiger partial charge in [-0.3, -0.25) is 0 Å². The largest absolute Gasteiger partial charge is 3.00 e. The van der Waals surface area contributed by atoms with Crippen molar-refractivity contribution in [3.8, 4) is 0 Å². The summed E-state index contributed by atoms with van der Waals surface area (Å²) in [5, 5.41) is 0. The summed E-state index contributed by atoms with van der Waals surface area (Å²) in [5.74, 6) is 3.31. The number of fused-ring (bicyclic) bond motifs is 1. The van der Waals surface area contributed by atoms with Crippen molar-refractivity contribution in [1.29, 1.82) is 0 Å². The van der Waals surface area contributed by atoms with Gasteiger partial charge >= 0.3 is 26.2 Å². The van der Waals surface area contributed by atoms with Crippen molar-refractivity contribution in [2.45, 2.75) is 26.7 Å². The van der Waals surface area contributed by atoms with E-state index in [-0.39, 0.29) is 51.0 Å². The molecule has 2 rings (SSSR count). The van der Waals surface area contributed by atoms with E-state index in [0.717, 1.165) is 11.8 Å². The number of hydrogen-bond donors (Lipinski definition) is 0. The van der Waals surface area contributed by atoms with Crippen LogP contribution in [-0.4, -0.2) is 0 Å². The minimum Gasteiger partial charge on any atom is -1.00 e. The van der Waals surface area contributed by atoms with Gasteiger partial charge in [0.1, 0.15) is 0 Å². The van der Waals surface area contributed by atoms with E-state index in [1.54, 1.807) is 11.5 Å². The van der Waals surface area contributed by atoms with E-state index in [1.807, 2.05) is 0 Å². The molecule has 0 bridgehead atoms. The molecule has 1 radical (unpaired) electrons. The van der Waals surface area contributed by atoms with Gasteiger partial charge in [0.05, 0.1) is 0 Å². The van der Waals surface area contributed by atoms with Crippen molar-refractivity contribution in [3.05, 3.63) is 29.7 Å². The SMILES string of the molecule is C[C-]1C2=CC=CCC2CC1C.[Cl-].[Cl-].[Zr+3]. The molecule has 3 heteroatoms. The number of rotatable bonds is 0. The van der Waals surface area contributed by atoms with E-state index in [9.17, 15) is 0 Å². The van der Waals surface area contributed by atoms with Crippen molar-refractivity contribution in [1.82, 2.24) is 0 Å². The molecule has 14 heavy (non-hydrogen) atoms. The summed E-state index contributed by atoms with van der Waals surface area (Å²) < 4.78 is 0. The first kappa shape index (κ1) is 17.2. The third-order valence-electron chi connectivity index (χ3n) is 3.10. The third-order valence-corrected chi connectivity index (χ3v) is 3.10. The van der Waals surface area contributed by atoms with Gasteiger partial charge in [0, 0.05) is 0 Å². The molecule has 2 unspecified atom stereocenters. The van der Waals surface area contributed by atoms with Crippen LogP contribution in [0, 0.1) is 17.8 Å². The summed E-state index contributed by atoms with van der Waals surface area (Å²) >= 11 is 0. The maximum absolute atomic E-state index is 2.34. The third kappa shape index (κ3) is 3.15. The van der Waals surface area contributed by atoms with Gasteiger partial charge in [0.2, 0.25) is 0 Å². The fourth-order valence-electron chi connectivity index (χ4n) is 2.24. The topological polar surface area (TPSA) is 0 Å². The molecule has 0 spiro atoms. The van der Waals surface area contributed by atoms with E-state index in [1.165, 1.54) is 12.8 Å². The molecule has 0 nitrogen and oxygen atoms in total. The normalized spacial score (nSPS) is 27.9. The molecule has 0 aromatic carbocycles. The fraction of sp³-hybridized carbons (Fsp3) is 0.545. The van der Waals surface area contributed by atoms with Gasteiger partial charge in [-0.15, -0.1) is 19.1 Å². The van der Waals surface area contributed by atoms with Gasteiger partial charge in [-0.2, -0.15) is 0 Å². The van der Waals surface area contributed by atoms with E-state index < -0.39 is 0 Å². The summed E-state index contributed by atoms with van der Waals surface area (Å²) in [6.07, 6.45) is 9.44. The van der Waals surface area contributed by atoms with Gasteiger partial charge in [-0.05, 0) is 12.3 Å². The number of hydrogen-bond acceptors (Lipinski definition) is 0. The molecular weight excluding hydrogens is 294 g/mol. The maximum atomic E-state index is 2.34. The van der Waals surface area contributed by atoms with E-state index in [2.05, 4.69) is 32.1 Å². The predicted octanol–water partition coefficient (Wildman–Crippen LogP) is -2.87. The van der Waals surface area contributed by atoms with E-state index in [0.29, 0.717) is 0 Å². The van der Waals surface area contributed by atoms with Crippen LogP contribution < -0.4 is 24.8 Å². The molecule has 0 N–H and O–H groups in total. The van der Waals surface area contributed by atoms with E-state index >= 15 is 0 Å². The fourth-order valence-corrected chi connectivity index (χ4v) is 2.24. The Morgan fingerprint density at radius 1 is 1.36 bits per heavy atom. The van der Waals surface area contributed by atoms with Crippen molar-refractivity contribution in [3.63, 3.8) is 0 Å². The van der Waals surface area contributed by atoms with Crippen molar-refractivity contribution < 1.29 is 51.0 Å². The van der Waals surface area contributed by atoms with Crippen LogP contribution in [0.1, 0.15) is 26.7 Å². The Morgan fingerprint density at radius 3 is 2.57 bits per heavy atom. The van der Waals surface area contributed by atoms with Crippen LogP contribution in [0.15, 0.2) is 23.8 Å². The van der Waals surface area contributed by atoms with Crippen LogP contribution >= 0.6 is 0 Å². The second-order valence-corrected chi connectivity index (χ2v) is 3.80. The average molecular weight is 309 g/mol. The first-order chi connectivity index (χ1) is 5.29. The van der Waals surface area contributed by atoms with Crippen molar-refractivity contribution in [2.24, 2.45) is 11.8 Å². The second-order valence-electron chi connectivity index (χ2n) is 3.80. The molecule has 2 atom stereocenters. The molecular formula is C11H15Cl2Zr. The second kappa shape index (κ2) is 7.15. The minimum atomic E-state index is 0. The van der Waals surface area contributed by atoms with Gasteiger partial charge in [0.15, 0.2) is 0 Å². The van der Waals surface area contributed by atoms with Crippen LogP contribution in [0.3, 0.4) is 0 Å². The standard InChI is InChI=1S/C11H15.2ClH.Zr/c1-8-7-10-5-3-4-6-11(10)9(8)2;;;/h3-4,6,8,10H,5,7H2,1-2H3;2*1H;/q-1;;;+3/p-2. The molecule has 0 aliphatic heterocycles. The van der Waals surface area contributed by atoms with Crippen LogP contribution in [0.2, 0.25) is 0 Å². The van der Waals surface area contributed by atoms with Gasteiger partial charge in [-0.1, -0.05) is 19.3 Å². The maximum Gasteiger partial charge on any atom is 3.00 e. The monoisotopic (exact) mass is 307 g/mol. The first-order valence-corrected chi connectivity index (χ1v) is 4.49. The van der Waals surface area contributed by atoms with Crippen LogP contribution in [0.25, 0.3) is 0 Å². The molecule has 2 aliphatic carbocycles. The predicted molar refractivity (Wildman–Crippen MR) is 48.0 cm³/mol. The molecule has 0 aromatic rings. The summed E-state index contributed by atoms with van der Waals surface area (Å²) in [6, 6.07) is 0. The summed E-state index contributed by atoms with van der Waals surface area (Å²) in [7, 11) is 0. The molecule has 1 fully saturated rings. The van der Waals surface area contributed by atoms with Gasteiger partial charge < -0.3 is 24.8 Å². The quantitative estimate of drug-likeness (QED) is 0.422. The number of allylic oxidation sites excluding steroid dienone is 4. The van der Waals surface area contributed by atoms with Crippen LogP contribution in [0.4, 0.5) is 0 Å². The van der Waals surface area contributed by atoms with E-state index in [4.69, 9.17) is 0 Å². The van der Waals surface area contributed by atoms with Crippen molar-refractivity contribution in [2.75, 3.05) is 0 Å². The van der Waals surface area contributed by atoms with Gasteiger partial charge in [-0.25, -0.2) is 17.6 Å². The van der Waals surface area contributed by atoms with Crippen molar-refractivity contribution >= 4 is 0 Å². The molecule has 0 saturated heterocycles. The Kier molecular flexibility index (Phi) is 8.79. The zero-order valence-electron chi connectivity index (χ0n) is 8.56. The summed E-state index contributed by atoms with van der Waals surface area (Å²) in [5.41, 5.74) is 1.63. The molecule has 77 valence electrons. The average Bonchev–Trinajstić information content (AvgIpc) is 2.30. The van der Waals surface area contributed by atoms with Crippen LogP contribution in [0.5, 0.6) is 0 Å². The minimum absolute atomic E-state index is 0. The Morgan fingerprint density at radius 2 is 2.00 bits per heavy atom. The zero-order valence-corrected chi connectivity index (χ0v) is 12.5. The smallest absolute Gasteiger partial charge is 1.00 e. The molecule has 0 heterocycles. The molecule has 1 saturated carbocycles. The summed E-state index contributed by atoms with van der Waals surface area (Å²) in [4.78, 5) is 0. The first-order valence-electron chi connectivity index (χ1n) is 4.49. The Hall–Kier alpha value is 0.813.